The lowest BCUT2D eigenvalue weighted by atomic mass is 10.2. The summed E-state index contributed by atoms with van der Waals surface area (Å²) in [5, 5.41) is 5.83. The number of nitrogens with one attached hydrogen (secondary N) is 2. The monoisotopic (exact) mass is 352 g/mol. The zero-order valence-corrected chi connectivity index (χ0v) is 14.7. The molecule has 3 amide bonds. The Balaban J connectivity index is 1.38. The fourth-order valence-electron chi connectivity index (χ4n) is 2.89. The molecule has 3 rings (SSSR count). The highest BCUT2D eigenvalue weighted by Crippen LogP contribution is 2.08. The van der Waals surface area contributed by atoms with Crippen LogP contribution in [0.3, 0.4) is 0 Å². The maximum Gasteiger partial charge on any atom is 0.321 e. The highest BCUT2D eigenvalue weighted by molar-refractivity contribution is 5.89. The predicted octanol–water partition coefficient (Wildman–Crippen LogP) is 2.15. The van der Waals surface area contributed by atoms with Crippen molar-refractivity contribution >= 4 is 17.6 Å². The molecule has 1 aliphatic heterocycles. The molecule has 6 heteroatoms. The quantitative estimate of drug-likeness (QED) is 0.867. The molecule has 6 nitrogen and oxygen atoms in total. The van der Waals surface area contributed by atoms with Gasteiger partial charge in [-0.3, -0.25) is 9.69 Å². The molecule has 0 aromatic heterocycles. The van der Waals surface area contributed by atoms with Crippen LogP contribution in [-0.2, 0) is 11.3 Å². The van der Waals surface area contributed by atoms with Gasteiger partial charge in [-0.15, -0.1) is 0 Å². The summed E-state index contributed by atoms with van der Waals surface area (Å²) in [6.07, 6.45) is 0. The van der Waals surface area contributed by atoms with Crippen LogP contribution in [0.25, 0.3) is 0 Å². The number of nitrogens with zero attached hydrogens (tertiary/aromatic N) is 2. The third-order valence-electron chi connectivity index (χ3n) is 4.38. The van der Waals surface area contributed by atoms with Gasteiger partial charge in [-0.25, -0.2) is 4.79 Å². The fourth-order valence-corrected chi connectivity index (χ4v) is 2.89. The first-order chi connectivity index (χ1) is 12.7. The van der Waals surface area contributed by atoms with Crippen LogP contribution in [0.5, 0.6) is 0 Å². The second-order valence-electron chi connectivity index (χ2n) is 6.32. The summed E-state index contributed by atoms with van der Waals surface area (Å²) >= 11 is 0. The zero-order valence-electron chi connectivity index (χ0n) is 14.7. The number of piperazine rings is 1. The van der Waals surface area contributed by atoms with Gasteiger partial charge in [0.25, 0.3) is 0 Å². The van der Waals surface area contributed by atoms with Gasteiger partial charge in [0.15, 0.2) is 0 Å². The van der Waals surface area contributed by atoms with Crippen molar-refractivity contribution in [1.29, 1.82) is 0 Å². The fraction of sp³-hybridized carbons (Fsp3) is 0.300. The van der Waals surface area contributed by atoms with Crippen LogP contribution in [0, 0.1) is 0 Å². The van der Waals surface area contributed by atoms with E-state index in [-0.39, 0.29) is 11.9 Å². The van der Waals surface area contributed by atoms with Gasteiger partial charge in [-0.05, 0) is 17.7 Å². The lowest BCUT2D eigenvalue weighted by molar-refractivity contribution is -0.122. The van der Waals surface area contributed by atoms with Gasteiger partial charge in [-0.2, -0.15) is 0 Å². The van der Waals surface area contributed by atoms with Crippen molar-refractivity contribution in [2.45, 2.75) is 6.54 Å². The molecule has 2 aromatic rings. The molecule has 0 atom stereocenters. The van der Waals surface area contributed by atoms with Gasteiger partial charge in [0, 0.05) is 38.4 Å². The van der Waals surface area contributed by atoms with Crippen LogP contribution in [0.1, 0.15) is 5.56 Å². The van der Waals surface area contributed by atoms with Gasteiger partial charge in [-0.1, -0.05) is 48.5 Å². The first-order valence-corrected chi connectivity index (χ1v) is 8.85. The molecule has 0 bridgehead atoms. The second-order valence-corrected chi connectivity index (χ2v) is 6.32. The summed E-state index contributed by atoms with van der Waals surface area (Å²) < 4.78 is 0. The SMILES string of the molecule is O=C(CN1CCN(C(=O)Nc2ccccc2)CC1)NCc1ccccc1. The van der Waals surface area contributed by atoms with Crippen molar-refractivity contribution in [1.82, 2.24) is 15.1 Å². The Kier molecular flexibility index (Phi) is 6.22. The van der Waals surface area contributed by atoms with Gasteiger partial charge in [0.05, 0.1) is 6.54 Å². The molecule has 2 aromatic carbocycles. The Morgan fingerprint density at radius 3 is 2.12 bits per heavy atom. The second kappa shape index (κ2) is 9.01. The van der Waals surface area contributed by atoms with E-state index in [4.69, 9.17) is 0 Å². The minimum Gasteiger partial charge on any atom is -0.351 e. The molecule has 0 saturated carbocycles. The maximum absolute atomic E-state index is 12.3. The lowest BCUT2D eigenvalue weighted by Crippen LogP contribution is -2.52. The summed E-state index contributed by atoms with van der Waals surface area (Å²) in [5.41, 5.74) is 1.88. The molecule has 1 heterocycles. The number of para-hydroxylation sites is 1. The minimum absolute atomic E-state index is 0.0102. The summed E-state index contributed by atoms with van der Waals surface area (Å²) in [6, 6.07) is 19.2. The van der Waals surface area contributed by atoms with Crippen LogP contribution >= 0.6 is 0 Å². The number of carbonyl (C=O) groups is 2. The van der Waals surface area contributed by atoms with Gasteiger partial charge in [0.1, 0.15) is 0 Å². The largest absolute Gasteiger partial charge is 0.351 e. The number of benzene rings is 2. The summed E-state index contributed by atoms with van der Waals surface area (Å²) in [4.78, 5) is 28.2. The van der Waals surface area contributed by atoms with E-state index < -0.39 is 0 Å². The molecule has 26 heavy (non-hydrogen) atoms. The van der Waals surface area contributed by atoms with Crippen LogP contribution in [0.2, 0.25) is 0 Å². The third-order valence-corrected chi connectivity index (χ3v) is 4.38. The highest BCUT2D eigenvalue weighted by atomic mass is 16.2. The normalized spacial score (nSPS) is 14.7. The Morgan fingerprint density at radius 2 is 1.46 bits per heavy atom. The van der Waals surface area contributed by atoms with E-state index in [1.165, 1.54) is 0 Å². The average Bonchev–Trinajstić information content (AvgIpc) is 2.68. The van der Waals surface area contributed by atoms with E-state index in [0.717, 1.165) is 11.3 Å². The van der Waals surface area contributed by atoms with E-state index in [1.807, 2.05) is 60.7 Å². The summed E-state index contributed by atoms with van der Waals surface area (Å²) in [7, 11) is 0. The van der Waals surface area contributed by atoms with Crippen molar-refractivity contribution in [3.8, 4) is 0 Å². The van der Waals surface area contributed by atoms with Crippen molar-refractivity contribution in [2.75, 3.05) is 38.0 Å². The van der Waals surface area contributed by atoms with Crippen LogP contribution in [-0.4, -0.2) is 54.5 Å². The van der Waals surface area contributed by atoms with Crippen LogP contribution in [0.4, 0.5) is 10.5 Å². The van der Waals surface area contributed by atoms with E-state index in [1.54, 1.807) is 4.90 Å². The smallest absolute Gasteiger partial charge is 0.321 e. The molecule has 0 radical (unpaired) electrons. The molecule has 2 N–H and O–H groups in total. The predicted molar refractivity (Wildman–Crippen MR) is 102 cm³/mol. The molecule has 1 saturated heterocycles. The minimum atomic E-state index is -0.0932. The Morgan fingerprint density at radius 1 is 0.846 bits per heavy atom. The molecule has 1 aliphatic rings. The molecule has 1 fully saturated rings. The van der Waals surface area contributed by atoms with Gasteiger partial charge < -0.3 is 15.5 Å². The number of amides is 3. The van der Waals surface area contributed by atoms with E-state index in [2.05, 4.69) is 15.5 Å². The van der Waals surface area contributed by atoms with E-state index in [9.17, 15) is 9.59 Å². The van der Waals surface area contributed by atoms with Crippen molar-refractivity contribution in [3.63, 3.8) is 0 Å². The highest BCUT2D eigenvalue weighted by Gasteiger charge is 2.22. The topological polar surface area (TPSA) is 64.7 Å². The Labute approximate surface area is 153 Å². The van der Waals surface area contributed by atoms with Crippen molar-refractivity contribution in [3.05, 3.63) is 66.2 Å². The molecule has 0 unspecified atom stereocenters. The zero-order chi connectivity index (χ0) is 18.2. The number of hydrogen-bond acceptors (Lipinski definition) is 3. The molecule has 0 aliphatic carbocycles. The Bertz CT molecular complexity index is 713. The van der Waals surface area contributed by atoms with E-state index in [0.29, 0.717) is 39.3 Å². The number of carbonyl (C=O) groups excluding carboxylic acids is 2. The number of urea groups is 1. The van der Waals surface area contributed by atoms with Gasteiger partial charge >= 0.3 is 6.03 Å². The summed E-state index contributed by atoms with van der Waals surface area (Å²) in [5.74, 6) is 0.0102. The van der Waals surface area contributed by atoms with Crippen LogP contribution in [0.15, 0.2) is 60.7 Å². The molecular weight excluding hydrogens is 328 g/mol. The first-order valence-electron chi connectivity index (χ1n) is 8.85. The number of rotatable bonds is 5. The molecule has 136 valence electrons. The number of anilines is 1. The van der Waals surface area contributed by atoms with Crippen molar-refractivity contribution < 1.29 is 9.59 Å². The molecule has 0 spiro atoms. The Hall–Kier alpha value is -2.86. The number of hydrogen-bond donors (Lipinski definition) is 2. The maximum atomic E-state index is 12.3. The lowest BCUT2D eigenvalue weighted by Gasteiger charge is -2.34. The van der Waals surface area contributed by atoms with Crippen molar-refractivity contribution in [2.24, 2.45) is 0 Å². The van der Waals surface area contributed by atoms with Crippen LogP contribution < -0.4 is 10.6 Å². The van der Waals surface area contributed by atoms with Gasteiger partial charge in [0.2, 0.25) is 5.91 Å². The first kappa shape index (κ1) is 17.9. The standard InChI is InChI=1S/C20H24N4O2/c25-19(21-15-17-7-3-1-4-8-17)16-23-11-13-24(14-12-23)20(26)22-18-9-5-2-6-10-18/h1-10H,11-16H2,(H,21,25)(H,22,26). The molecular formula is C20H24N4O2. The van der Waals surface area contributed by atoms with E-state index >= 15 is 0 Å². The third kappa shape index (κ3) is 5.32. The average molecular weight is 352 g/mol. The summed E-state index contributed by atoms with van der Waals surface area (Å²) in [6.45, 7) is 3.53.